The largest absolute Gasteiger partial charge is 0.508 e. The number of rotatable bonds is 2. The van der Waals surface area contributed by atoms with Crippen molar-refractivity contribution in [2.24, 2.45) is 9.98 Å². The van der Waals surface area contributed by atoms with Gasteiger partial charge < -0.3 is 19.7 Å². The zero-order valence-electron chi connectivity index (χ0n) is 15.4. The number of hydrogen-bond acceptors (Lipinski definition) is 9. The number of benzene rings is 3. The van der Waals surface area contributed by atoms with Crippen LogP contribution in [0.4, 0.5) is 11.4 Å². The second-order valence-corrected chi connectivity index (χ2v) is 7.14. The molecule has 5 rings (SSSR count). The van der Waals surface area contributed by atoms with Crippen molar-refractivity contribution < 1.29 is 24.5 Å². The minimum Gasteiger partial charge on any atom is -0.508 e. The van der Waals surface area contributed by atoms with Gasteiger partial charge in [0.25, 0.3) is 0 Å². The van der Waals surface area contributed by atoms with Gasteiger partial charge in [-0.1, -0.05) is 18.2 Å². The Morgan fingerprint density at radius 1 is 0.903 bits per heavy atom. The average molecular weight is 446 g/mol. The quantitative estimate of drug-likeness (QED) is 0.320. The van der Waals surface area contributed by atoms with Gasteiger partial charge in [-0.05, 0) is 42.6 Å². The number of carbonyl (C=O) groups excluding carboxylic acids is 1. The molecule has 1 atom stereocenters. The molecule has 9 heteroatoms. The Morgan fingerprint density at radius 2 is 1.65 bits per heavy atom. The van der Waals surface area contributed by atoms with Crippen molar-refractivity contribution in [3.05, 3.63) is 70.8 Å². The lowest BCUT2D eigenvalue weighted by Crippen LogP contribution is -2.33. The first-order valence-corrected chi connectivity index (χ1v) is 9.73. The third-order valence-corrected chi connectivity index (χ3v) is 5.40. The molecule has 0 aromatic heterocycles. The van der Waals surface area contributed by atoms with E-state index in [0.717, 1.165) is 0 Å². The Labute approximate surface area is 185 Å². The molecule has 2 heterocycles. The maximum absolute atomic E-state index is 12.9. The number of isothiocyanates is 2. The molecule has 2 N–H and O–H groups in total. The van der Waals surface area contributed by atoms with E-state index in [9.17, 15) is 15.0 Å². The van der Waals surface area contributed by atoms with Crippen LogP contribution in [0.3, 0.4) is 0 Å². The summed E-state index contributed by atoms with van der Waals surface area (Å²) in [5.74, 6) is -0.491. The zero-order chi connectivity index (χ0) is 21.8. The van der Waals surface area contributed by atoms with E-state index in [1.54, 1.807) is 30.3 Å². The van der Waals surface area contributed by atoms with Crippen LogP contribution in [0, 0.1) is 0 Å². The summed E-state index contributed by atoms with van der Waals surface area (Å²) in [5, 5.41) is 25.0. The SMILES string of the molecule is O=C1OC2(c3ccc(O)cc3Oc3cc(O)c(N=C=S)c(N=C=S)c32)c2ccccc21. The van der Waals surface area contributed by atoms with E-state index in [4.69, 9.17) is 33.9 Å². The standard InChI is InChI=1S/C22H10N2O5S2/c25-11-5-6-14-16(7-11)28-17-8-15(26)19(23-9-30)20(24-10-31)18(17)22(14)13-4-2-1-3-12(13)21(27)29-22/h1-8,25-26H. The molecule has 1 spiro atoms. The second-order valence-electron chi connectivity index (χ2n) is 6.77. The van der Waals surface area contributed by atoms with Crippen LogP contribution >= 0.6 is 24.4 Å². The third kappa shape index (κ3) is 2.56. The highest BCUT2D eigenvalue weighted by Gasteiger charge is 2.55. The summed E-state index contributed by atoms with van der Waals surface area (Å²) in [6, 6.07) is 12.7. The van der Waals surface area contributed by atoms with E-state index in [0.29, 0.717) is 22.3 Å². The normalized spacial score (nSPS) is 17.4. The van der Waals surface area contributed by atoms with Gasteiger partial charge in [0, 0.05) is 23.3 Å². The van der Waals surface area contributed by atoms with E-state index < -0.39 is 11.6 Å². The Balaban J connectivity index is 2.00. The highest BCUT2D eigenvalue weighted by atomic mass is 32.1. The summed E-state index contributed by atoms with van der Waals surface area (Å²) in [6.45, 7) is 0. The van der Waals surface area contributed by atoms with Crippen molar-refractivity contribution in [1.82, 2.24) is 0 Å². The monoisotopic (exact) mass is 446 g/mol. The number of phenolic OH excluding ortho intramolecular Hbond substituents is 2. The Morgan fingerprint density at radius 3 is 2.42 bits per heavy atom. The van der Waals surface area contributed by atoms with Crippen LogP contribution in [0.25, 0.3) is 0 Å². The first-order chi connectivity index (χ1) is 15.0. The van der Waals surface area contributed by atoms with Crippen LogP contribution in [0.1, 0.15) is 27.0 Å². The lowest BCUT2D eigenvalue weighted by Gasteiger charge is -2.37. The first-order valence-electron chi connectivity index (χ1n) is 8.91. The van der Waals surface area contributed by atoms with Gasteiger partial charge >= 0.3 is 5.97 Å². The molecule has 2 aliphatic heterocycles. The van der Waals surface area contributed by atoms with Gasteiger partial charge in [-0.3, -0.25) is 0 Å². The summed E-state index contributed by atoms with van der Waals surface area (Å²) in [4.78, 5) is 20.9. The van der Waals surface area contributed by atoms with Crippen molar-refractivity contribution in [2.75, 3.05) is 0 Å². The average Bonchev–Trinajstić information content (AvgIpc) is 3.03. The Bertz CT molecular complexity index is 1410. The maximum atomic E-state index is 12.9. The number of hydrogen-bond donors (Lipinski definition) is 2. The second kappa shape index (κ2) is 6.84. The molecule has 0 saturated heterocycles. The fourth-order valence-corrected chi connectivity index (χ4v) is 4.28. The number of carbonyl (C=O) groups is 1. The van der Waals surface area contributed by atoms with Gasteiger partial charge in [-0.2, -0.15) is 9.98 Å². The molecule has 1 unspecified atom stereocenters. The molecule has 150 valence electrons. The first kappa shape index (κ1) is 19.1. The molecule has 0 bridgehead atoms. The van der Waals surface area contributed by atoms with Crippen LogP contribution < -0.4 is 4.74 Å². The predicted molar refractivity (Wildman–Crippen MR) is 117 cm³/mol. The molecule has 31 heavy (non-hydrogen) atoms. The van der Waals surface area contributed by atoms with E-state index in [1.165, 1.54) is 18.2 Å². The number of esters is 1. The van der Waals surface area contributed by atoms with Crippen molar-refractivity contribution in [3.8, 4) is 23.0 Å². The lowest BCUT2D eigenvalue weighted by atomic mass is 9.76. The predicted octanol–water partition coefficient (Wildman–Crippen LogP) is 5.13. The number of aromatic hydroxyl groups is 2. The third-order valence-electron chi connectivity index (χ3n) is 5.22. The minimum absolute atomic E-state index is 0.0169. The summed E-state index contributed by atoms with van der Waals surface area (Å²) in [5.41, 5.74) is 0.222. The molecule has 7 nitrogen and oxygen atoms in total. The molecule has 0 saturated carbocycles. The number of ether oxygens (including phenoxy) is 2. The number of thiocarbonyl (C=S) groups is 2. The Kier molecular flexibility index (Phi) is 4.22. The highest BCUT2D eigenvalue weighted by Crippen LogP contribution is 2.61. The minimum atomic E-state index is -1.49. The van der Waals surface area contributed by atoms with Crippen LogP contribution in [0.2, 0.25) is 0 Å². The molecule has 3 aromatic carbocycles. The lowest BCUT2D eigenvalue weighted by molar-refractivity contribution is 0.0226. The van der Waals surface area contributed by atoms with Gasteiger partial charge in [0.05, 0.1) is 21.4 Å². The van der Waals surface area contributed by atoms with E-state index in [2.05, 4.69) is 20.3 Å². The smallest absolute Gasteiger partial charge is 0.340 e. The highest BCUT2D eigenvalue weighted by molar-refractivity contribution is 7.78. The molecule has 0 aliphatic carbocycles. The maximum Gasteiger partial charge on any atom is 0.340 e. The van der Waals surface area contributed by atoms with Gasteiger partial charge in [-0.15, -0.1) is 0 Å². The number of aliphatic imine (C=N–C) groups is 2. The zero-order valence-corrected chi connectivity index (χ0v) is 17.1. The van der Waals surface area contributed by atoms with Crippen LogP contribution in [-0.2, 0) is 10.3 Å². The van der Waals surface area contributed by atoms with Crippen molar-refractivity contribution in [2.45, 2.75) is 5.60 Å². The Hall–Kier alpha value is -3.87. The summed E-state index contributed by atoms with van der Waals surface area (Å²) in [7, 11) is 0. The van der Waals surface area contributed by atoms with E-state index in [1.807, 2.05) is 0 Å². The van der Waals surface area contributed by atoms with Gasteiger partial charge in [0.15, 0.2) is 5.60 Å². The van der Waals surface area contributed by atoms with Crippen LogP contribution in [-0.4, -0.2) is 26.5 Å². The van der Waals surface area contributed by atoms with Gasteiger partial charge in [0.2, 0.25) is 0 Å². The fraction of sp³-hybridized carbons (Fsp3) is 0.0455. The molecule has 0 fully saturated rings. The van der Waals surface area contributed by atoms with Crippen molar-refractivity contribution in [3.63, 3.8) is 0 Å². The summed E-state index contributed by atoms with van der Waals surface area (Å²) >= 11 is 9.53. The van der Waals surface area contributed by atoms with E-state index >= 15 is 0 Å². The molecular formula is C22H10N2O5S2. The number of fused-ring (bicyclic) bond motifs is 6. The molecule has 3 aromatic rings. The van der Waals surface area contributed by atoms with Crippen molar-refractivity contribution >= 4 is 52.1 Å². The van der Waals surface area contributed by atoms with Gasteiger partial charge in [-0.25, -0.2) is 4.79 Å². The van der Waals surface area contributed by atoms with Crippen molar-refractivity contribution in [1.29, 1.82) is 0 Å². The fourth-order valence-electron chi connectivity index (χ4n) is 4.09. The molecule has 0 radical (unpaired) electrons. The molecule has 2 aliphatic rings. The number of phenols is 2. The topological polar surface area (TPSA) is 101 Å². The molecular weight excluding hydrogens is 436 g/mol. The summed E-state index contributed by atoms with van der Waals surface area (Å²) in [6.07, 6.45) is 0. The van der Waals surface area contributed by atoms with Crippen LogP contribution in [0.15, 0.2) is 58.5 Å². The van der Waals surface area contributed by atoms with Crippen LogP contribution in [0.5, 0.6) is 23.0 Å². The molecule has 0 amide bonds. The van der Waals surface area contributed by atoms with Gasteiger partial charge in [0.1, 0.15) is 34.4 Å². The number of nitrogens with zero attached hydrogens (tertiary/aromatic N) is 2. The van der Waals surface area contributed by atoms with E-state index in [-0.39, 0.29) is 34.4 Å². The summed E-state index contributed by atoms with van der Waals surface area (Å²) < 4.78 is 12.0.